The largest absolute Gasteiger partial charge is 0.387 e. The number of rotatable bonds is 2. The average molecular weight is 194 g/mol. The van der Waals surface area contributed by atoms with Crippen LogP contribution in [0.3, 0.4) is 0 Å². The molecule has 1 N–H and O–H groups in total. The van der Waals surface area contributed by atoms with Crippen LogP contribution in [0.2, 0.25) is 0 Å². The lowest BCUT2D eigenvalue weighted by Gasteiger charge is -2.10. The van der Waals surface area contributed by atoms with Gasteiger partial charge < -0.3 is 10.0 Å². The number of pyridine rings is 1. The van der Waals surface area contributed by atoms with Crippen LogP contribution in [0.25, 0.3) is 0 Å². The van der Waals surface area contributed by atoms with Crippen LogP contribution in [0.1, 0.15) is 29.1 Å². The van der Waals surface area contributed by atoms with Gasteiger partial charge in [-0.25, -0.2) is 0 Å². The van der Waals surface area contributed by atoms with Crippen molar-refractivity contribution in [2.24, 2.45) is 0 Å². The predicted molar refractivity (Wildman–Crippen MR) is 52.9 cm³/mol. The van der Waals surface area contributed by atoms with E-state index in [1.165, 1.54) is 11.1 Å². The van der Waals surface area contributed by atoms with E-state index in [2.05, 4.69) is 4.98 Å². The number of carbonyl (C=O) groups is 1. The fourth-order valence-corrected chi connectivity index (χ4v) is 1.04. The molecule has 1 rings (SSSR count). The SMILES string of the molecule is CC(O)c1ccc(C(=O)N(C)C)cn1. The van der Waals surface area contributed by atoms with Crippen molar-refractivity contribution in [3.05, 3.63) is 29.6 Å². The van der Waals surface area contributed by atoms with E-state index in [1.54, 1.807) is 33.2 Å². The smallest absolute Gasteiger partial charge is 0.254 e. The van der Waals surface area contributed by atoms with Gasteiger partial charge in [0.25, 0.3) is 5.91 Å². The number of nitrogens with zero attached hydrogens (tertiary/aromatic N) is 2. The molecule has 0 spiro atoms. The zero-order valence-corrected chi connectivity index (χ0v) is 8.56. The van der Waals surface area contributed by atoms with Gasteiger partial charge in [-0.2, -0.15) is 0 Å². The Balaban J connectivity index is 2.89. The summed E-state index contributed by atoms with van der Waals surface area (Å²) in [5.41, 5.74) is 1.10. The molecular weight excluding hydrogens is 180 g/mol. The Morgan fingerprint density at radius 3 is 2.50 bits per heavy atom. The van der Waals surface area contributed by atoms with Crippen molar-refractivity contribution in [2.75, 3.05) is 14.1 Å². The molecule has 76 valence electrons. The number of aliphatic hydroxyl groups is 1. The molecule has 0 bridgehead atoms. The first-order valence-electron chi connectivity index (χ1n) is 4.38. The van der Waals surface area contributed by atoms with Gasteiger partial charge in [-0.1, -0.05) is 0 Å². The number of amides is 1. The maximum absolute atomic E-state index is 11.4. The van der Waals surface area contributed by atoms with Crippen LogP contribution in [0.5, 0.6) is 0 Å². The van der Waals surface area contributed by atoms with Crippen LogP contribution in [-0.4, -0.2) is 35.0 Å². The van der Waals surface area contributed by atoms with Gasteiger partial charge in [0.1, 0.15) is 0 Å². The first kappa shape index (κ1) is 10.7. The van der Waals surface area contributed by atoms with Crippen molar-refractivity contribution < 1.29 is 9.90 Å². The Kier molecular flexibility index (Phi) is 3.19. The van der Waals surface area contributed by atoms with E-state index in [1.807, 2.05) is 0 Å². The lowest BCUT2D eigenvalue weighted by molar-refractivity contribution is 0.0827. The summed E-state index contributed by atoms with van der Waals surface area (Å²) < 4.78 is 0. The van der Waals surface area contributed by atoms with Crippen LogP contribution < -0.4 is 0 Å². The third-order valence-electron chi connectivity index (χ3n) is 1.87. The minimum Gasteiger partial charge on any atom is -0.387 e. The summed E-state index contributed by atoms with van der Waals surface area (Å²) in [6.45, 7) is 1.63. The molecule has 4 nitrogen and oxygen atoms in total. The molecule has 0 saturated heterocycles. The van der Waals surface area contributed by atoms with E-state index in [-0.39, 0.29) is 5.91 Å². The highest BCUT2D eigenvalue weighted by Gasteiger charge is 2.09. The Bertz CT molecular complexity index is 317. The highest BCUT2D eigenvalue weighted by Crippen LogP contribution is 2.09. The maximum atomic E-state index is 11.4. The molecule has 0 aliphatic rings. The van der Waals surface area contributed by atoms with Crippen molar-refractivity contribution >= 4 is 5.91 Å². The quantitative estimate of drug-likeness (QED) is 0.759. The number of hydrogen-bond donors (Lipinski definition) is 1. The van der Waals surface area contributed by atoms with Gasteiger partial charge in [0.05, 0.1) is 17.4 Å². The number of carbonyl (C=O) groups excluding carboxylic acids is 1. The van der Waals surface area contributed by atoms with Crippen LogP contribution in [0, 0.1) is 0 Å². The van der Waals surface area contributed by atoms with Crippen LogP contribution >= 0.6 is 0 Å². The molecule has 1 atom stereocenters. The van der Waals surface area contributed by atoms with Gasteiger partial charge in [0.15, 0.2) is 0 Å². The van der Waals surface area contributed by atoms with Crippen molar-refractivity contribution in [3.8, 4) is 0 Å². The molecule has 4 heteroatoms. The summed E-state index contributed by atoms with van der Waals surface area (Å²) in [6.07, 6.45) is 0.878. The second-order valence-electron chi connectivity index (χ2n) is 3.35. The summed E-state index contributed by atoms with van der Waals surface area (Å²) >= 11 is 0. The van der Waals surface area contributed by atoms with E-state index in [0.29, 0.717) is 11.3 Å². The van der Waals surface area contributed by atoms with Crippen molar-refractivity contribution in [1.82, 2.24) is 9.88 Å². The third-order valence-corrected chi connectivity index (χ3v) is 1.87. The predicted octanol–water partition coefficient (Wildman–Crippen LogP) is 0.837. The van der Waals surface area contributed by atoms with E-state index >= 15 is 0 Å². The summed E-state index contributed by atoms with van der Waals surface area (Å²) in [5.74, 6) is -0.0883. The molecule has 0 aromatic carbocycles. The van der Waals surface area contributed by atoms with Gasteiger partial charge >= 0.3 is 0 Å². The molecule has 0 fully saturated rings. The van der Waals surface area contributed by atoms with Gasteiger partial charge in [0, 0.05) is 20.3 Å². The molecule has 0 radical (unpaired) electrons. The van der Waals surface area contributed by atoms with Gasteiger partial charge in [-0.05, 0) is 19.1 Å². The summed E-state index contributed by atoms with van der Waals surface area (Å²) in [5, 5.41) is 9.20. The number of aliphatic hydroxyl groups excluding tert-OH is 1. The molecule has 0 saturated carbocycles. The van der Waals surface area contributed by atoms with Crippen LogP contribution in [0.15, 0.2) is 18.3 Å². The lowest BCUT2D eigenvalue weighted by Crippen LogP contribution is -2.21. The first-order valence-corrected chi connectivity index (χ1v) is 4.38. The van der Waals surface area contributed by atoms with Gasteiger partial charge in [-0.15, -0.1) is 0 Å². The number of aromatic nitrogens is 1. The van der Waals surface area contributed by atoms with Crippen molar-refractivity contribution in [1.29, 1.82) is 0 Å². The average Bonchev–Trinajstić information content (AvgIpc) is 2.16. The van der Waals surface area contributed by atoms with Gasteiger partial charge in [-0.3, -0.25) is 9.78 Å². The highest BCUT2D eigenvalue weighted by molar-refractivity contribution is 5.93. The molecule has 1 amide bonds. The molecule has 1 heterocycles. The van der Waals surface area contributed by atoms with Crippen LogP contribution in [0.4, 0.5) is 0 Å². The first-order chi connectivity index (χ1) is 6.52. The summed E-state index contributed by atoms with van der Waals surface area (Å²) in [6, 6.07) is 3.32. The molecule has 0 aliphatic heterocycles. The van der Waals surface area contributed by atoms with Crippen LogP contribution in [-0.2, 0) is 0 Å². The summed E-state index contributed by atoms with van der Waals surface area (Å²) in [4.78, 5) is 16.9. The molecule has 1 unspecified atom stereocenters. The highest BCUT2D eigenvalue weighted by atomic mass is 16.3. The summed E-state index contributed by atoms with van der Waals surface area (Å²) in [7, 11) is 3.37. The molecule has 0 aliphatic carbocycles. The Morgan fingerprint density at radius 1 is 1.50 bits per heavy atom. The third kappa shape index (κ3) is 2.29. The monoisotopic (exact) mass is 194 g/mol. The lowest BCUT2D eigenvalue weighted by atomic mass is 10.2. The normalized spacial score (nSPS) is 12.3. The minimum absolute atomic E-state index is 0.0883. The second-order valence-corrected chi connectivity index (χ2v) is 3.35. The molecule has 14 heavy (non-hydrogen) atoms. The fraction of sp³-hybridized carbons (Fsp3) is 0.400. The van der Waals surface area contributed by atoms with E-state index in [0.717, 1.165) is 0 Å². The second kappa shape index (κ2) is 4.19. The van der Waals surface area contributed by atoms with E-state index < -0.39 is 6.10 Å². The van der Waals surface area contributed by atoms with Crippen molar-refractivity contribution in [3.63, 3.8) is 0 Å². The van der Waals surface area contributed by atoms with Gasteiger partial charge in [0.2, 0.25) is 0 Å². The standard InChI is InChI=1S/C10H14N2O2/c1-7(13)9-5-4-8(6-11-9)10(14)12(2)3/h4-7,13H,1-3H3. The molecule has 1 aromatic rings. The molecular formula is C10H14N2O2. The molecule has 1 aromatic heterocycles. The Hall–Kier alpha value is -1.42. The Labute approximate surface area is 83.2 Å². The van der Waals surface area contributed by atoms with Crippen molar-refractivity contribution in [2.45, 2.75) is 13.0 Å². The van der Waals surface area contributed by atoms with E-state index in [4.69, 9.17) is 0 Å². The maximum Gasteiger partial charge on any atom is 0.254 e. The van der Waals surface area contributed by atoms with E-state index in [9.17, 15) is 9.90 Å². The Morgan fingerprint density at radius 2 is 2.14 bits per heavy atom. The number of hydrogen-bond acceptors (Lipinski definition) is 3. The zero-order valence-electron chi connectivity index (χ0n) is 8.56. The zero-order chi connectivity index (χ0) is 10.7. The fourth-order valence-electron chi connectivity index (χ4n) is 1.04. The topological polar surface area (TPSA) is 53.4 Å². The minimum atomic E-state index is -0.599.